The molecular weight excluding hydrogens is 480 g/mol. The van der Waals surface area contributed by atoms with Crippen LogP contribution in [0.25, 0.3) is 11.3 Å². The highest BCUT2D eigenvalue weighted by Gasteiger charge is 2.16. The van der Waals surface area contributed by atoms with Gasteiger partial charge in [-0.1, -0.05) is 89.7 Å². The normalized spacial score (nSPS) is 10.8. The van der Waals surface area contributed by atoms with Gasteiger partial charge in [-0.2, -0.15) is 5.10 Å². The molecule has 7 heteroatoms. The van der Waals surface area contributed by atoms with Gasteiger partial charge in [-0.3, -0.25) is 10.2 Å². The highest BCUT2D eigenvalue weighted by molar-refractivity contribution is 7.20. The molecule has 5 aromatic rings. The molecule has 0 spiro atoms. The van der Waals surface area contributed by atoms with Gasteiger partial charge < -0.3 is 10.1 Å². The molecule has 6 nitrogen and oxygen atoms in total. The third kappa shape index (κ3) is 6.28. The molecule has 5 rings (SSSR count). The molecule has 0 fully saturated rings. The van der Waals surface area contributed by atoms with Crippen molar-refractivity contribution in [2.45, 2.75) is 6.92 Å². The fourth-order valence-corrected chi connectivity index (χ4v) is 4.40. The van der Waals surface area contributed by atoms with Gasteiger partial charge in [0.05, 0.1) is 6.21 Å². The number of amides is 1. The molecule has 37 heavy (non-hydrogen) atoms. The van der Waals surface area contributed by atoms with Crippen molar-refractivity contribution in [1.82, 2.24) is 4.98 Å². The molecule has 0 saturated carbocycles. The third-order valence-corrected chi connectivity index (χ3v) is 6.30. The highest BCUT2D eigenvalue weighted by atomic mass is 32.1. The number of nitrogens with zero attached hydrogens (tertiary/aromatic N) is 2. The number of benzene rings is 4. The van der Waals surface area contributed by atoms with Crippen molar-refractivity contribution in [2.24, 2.45) is 5.10 Å². The van der Waals surface area contributed by atoms with Crippen LogP contribution in [0.3, 0.4) is 0 Å². The SMILES string of the molecule is Cc1ccc(C(=O)Nc2sc(NN=Cc3cccc(Oc4ccccc4)c3)nc2-c2ccccc2)cc1. The number of ether oxygens (including phenoxy) is 1. The van der Waals surface area contributed by atoms with E-state index in [1.165, 1.54) is 11.3 Å². The van der Waals surface area contributed by atoms with Gasteiger partial charge in [0, 0.05) is 11.1 Å². The lowest BCUT2D eigenvalue weighted by Crippen LogP contribution is -2.11. The number of hydrogen-bond acceptors (Lipinski definition) is 6. The summed E-state index contributed by atoms with van der Waals surface area (Å²) in [5.74, 6) is 1.30. The first-order chi connectivity index (χ1) is 18.1. The number of hydrogen-bond donors (Lipinski definition) is 2. The Hall–Kier alpha value is -4.75. The summed E-state index contributed by atoms with van der Waals surface area (Å²) in [4.78, 5) is 17.6. The van der Waals surface area contributed by atoms with Crippen LogP contribution in [-0.4, -0.2) is 17.1 Å². The lowest BCUT2D eigenvalue weighted by molar-refractivity contribution is 0.102. The summed E-state index contributed by atoms with van der Waals surface area (Å²) >= 11 is 1.33. The number of rotatable bonds is 8. The minimum atomic E-state index is -0.189. The Morgan fingerprint density at radius 2 is 1.57 bits per heavy atom. The van der Waals surface area contributed by atoms with Crippen molar-refractivity contribution in [3.63, 3.8) is 0 Å². The maximum atomic E-state index is 12.9. The minimum Gasteiger partial charge on any atom is -0.457 e. The maximum Gasteiger partial charge on any atom is 0.256 e. The van der Waals surface area contributed by atoms with Gasteiger partial charge in [0.1, 0.15) is 22.2 Å². The molecular formula is C30H24N4O2S. The topological polar surface area (TPSA) is 75.6 Å². The van der Waals surface area contributed by atoms with E-state index in [9.17, 15) is 4.79 Å². The zero-order chi connectivity index (χ0) is 25.5. The van der Waals surface area contributed by atoms with Crippen molar-refractivity contribution < 1.29 is 9.53 Å². The molecule has 0 bridgehead atoms. The number of anilines is 2. The van der Waals surface area contributed by atoms with Crippen LogP contribution >= 0.6 is 11.3 Å². The fourth-order valence-electron chi connectivity index (χ4n) is 3.57. The Morgan fingerprint density at radius 3 is 2.32 bits per heavy atom. The van der Waals surface area contributed by atoms with E-state index in [0.29, 0.717) is 21.4 Å². The van der Waals surface area contributed by atoms with Crippen LogP contribution in [0, 0.1) is 6.92 Å². The summed E-state index contributed by atoms with van der Waals surface area (Å²) in [6.45, 7) is 1.99. The van der Waals surface area contributed by atoms with E-state index < -0.39 is 0 Å². The average molecular weight is 505 g/mol. The number of aromatic nitrogens is 1. The number of nitrogens with one attached hydrogen (secondary N) is 2. The molecule has 0 aliphatic rings. The smallest absolute Gasteiger partial charge is 0.256 e. The molecule has 0 saturated heterocycles. The largest absolute Gasteiger partial charge is 0.457 e. The van der Waals surface area contributed by atoms with Crippen LogP contribution in [0.1, 0.15) is 21.5 Å². The van der Waals surface area contributed by atoms with Crippen molar-refractivity contribution in [3.8, 4) is 22.8 Å². The van der Waals surface area contributed by atoms with E-state index in [0.717, 1.165) is 28.2 Å². The van der Waals surface area contributed by atoms with E-state index in [-0.39, 0.29) is 5.91 Å². The van der Waals surface area contributed by atoms with Gasteiger partial charge in [-0.15, -0.1) is 0 Å². The molecule has 1 aromatic heterocycles. The molecule has 0 aliphatic heterocycles. The third-order valence-electron chi connectivity index (χ3n) is 5.43. The first kappa shape index (κ1) is 24.0. The van der Waals surface area contributed by atoms with Gasteiger partial charge in [0.15, 0.2) is 0 Å². The van der Waals surface area contributed by atoms with E-state index in [4.69, 9.17) is 9.72 Å². The van der Waals surface area contributed by atoms with Gasteiger partial charge in [-0.05, 0) is 48.9 Å². The van der Waals surface area contributed by atoms with Crippen LogP contribution in [0.2, 0.25) is 0 Å². The monoisotopic (exact) mass is 504 g/mol. The number of carbonyl (C=O) groups excluding carboxylic acids is 1. The van der Waals surface area contributed by atoms with Crippen LogP contribution in [-0.2, 0) is 0 Å². The average Bonchev–Trinajstić information content (AvgIpc) is 3.32. The van der Waals surface area contributed by atoms with Crippen molar-refractivity contribution in [1.29, 1.82) is 0 Å². The number of thiazole rings is 1. The van der Waals surface area contributed by atoms with E-state index >= 15 is 0 Å². The highest BCUT2D eigenvalue weighted by Crippen LogP contribution is 2.36. The Kier molecular flexibility index (Phi) is 7.34. The predicted octanol–water partition coefficient (Wildman–Crippen LogP) is 7.61. The molecule has 0 unspecified atom stereocenters. The quantitative estimate of drug-likeness (QED) is 0.168. The first-order valence-electron chi connectivity index (χ1n) is 11.7. The standard InChI is InChI=1S/C30H24N4O2S/c1-21-15-17-24(18-16-21)28(35)33-29-27(23-10-4-2-5-11-23)32-30(37-29)34-31-20-22-9-8-14-26(19-22)36-25-12-6-3-7-13-25/h2-20H,1H3,(H,32,34)(H,33,35). The maximum absolute atomic E-state index is 12.9. The van der Waals surface area contributed by atoms with Gasteiger partial charge in [0.2, 0.25) is 5.13 Å². The molecule has 2 N–H and O–H groups in total. The summed E-state index contributed by atoms with van der Waals surface area (Å²) < 4.78 is 5.90. The second-order valence-electron chi connectivity index (χ2n) is 8.24. The molecule has 4 aromatic carbocycles. The first-order valence-corrected chi connectivity index (χ1v) is 12.5. The second-order valence-corrected chi connectivity index (χ2v) is 9.24. The summed E-state index contributed by atoms with van der Waals surface area (Å²) in [5, 5.41) is 8.58. The van der Waals surface area contributed by atoms with Crippen molar-refractivity contribution in [2.75, 3.05) is 10.7 Å². The van der Waals surface area contributed by atoms with Crippen molar-refractivity contribution >= 4 is 33.6 Å². The summed E-state index contributed by atoms with van der Waals surface area (Å²) in [6.07, 6.45) is 1.70. The summed E-state index contributed by atoms with van der Waals surface area (Å²) in [5.41, 5.74) is 7.14. The Balaban J connectivity index is 1.33. The zero-order valence-electron chi connectivity index (χ0n) is 20.1. The van der Waals surface area contributed by atoms with Crippen LogP contribution in [0.4, 0.5) is 10.1 Å². The Morgan fingerprint density at radius 1 is 0.865 bits per heavy atom. The molecule has 182 valence electrons. The van der Waals surface area contributed by atoms with Crippen LogP contribution < -0.4 is 15.5 Å². The van der Waals surface area contributed by atoms with Crippen LogP contribution in [0.15, 0.2) is 114 Å². The number of para-hydroxylation sites is 1. The zero-order valence-corrected chi connectivity index (χ0v) is 20.9. The fraction of sp³-hybridized carbons (Fsp3) is 0.0333. The lowest BCUT2D eigenvalue weighted by atomic mass is 10.1. The van der Waals surface area contributed by atoms with E-state index in [1.807, 2.05) is 116 Å². The van der Waals surface area contributed by atoms with Crippen LogP contribution in [0.5, 0.6) is 11.5 Å². The van der Waals surface area contributed by atoms with Crippen molar-refractivity contribution in [3.05, 3.63) is 126 Å². The Bertz CT molecular complexity index is 1510. The van der Waals surface area contributed by atoms with E-state index in [2.05, 4.69) is 15.8 Å². The summed E-state index contributed by atoms with van der Waals surface area (Å²) in [7, 11) is 0. The minimum absolute atomic E-state index is 0.189. The lowest BCUT2D eigenvalue weighted by Gasteiger charge is -2.05. The molecule has 1 amide bonds. The number of carbonyl (C=O) groups is 1. The van der Waals surface area contributed by atoms with Gasteiger partial charge >= 0.3 is 0 Å². The number of aryl methyl sites for hydroxylation is 1. The molecule has 0 atom stereocenters. The second kappa shape index (κ2) is 11.3. The molecule has 0 radical (unpaired) electrons. The van der Waals surface area contributed by atoms with Gasteiger partial charge in [-0.25, -0.2) is 4.98 Å². The van der Waals surface area contributed by atoms with E-state index in [1.54, 1.807) is 6.21 Å². The number of hydrazone groups is 1. The summed E-state index contributed by atoms with van der Waals surface area (Å²) in [6, 6.07) is 34.5. The predicted molar refractivity (Wildman–Crippen MR) is 151 cm³/mol. The molecule has 1 heterocycles. The molecule has 0 aliphatic carbocycles. The Labute approximate surface area is 219 Å². The van der Waals surface area contributed by atoms with Gasteiger partial charge in [0.25, 0.3) is 5.91 Å².